The van der Waals surface area contributed by atoms with Crippen molar-refractivity contribution in [2.45, 2.75) is 20.0 Å². The molecule has 2 aromatic carbocycles. The monoisotopic (exact) mass is 474 g/mol. The van der Waals surface area contributed by atoms with Gasteiger partial charge >= 0.3 is 11.9 Å². The molecule has 8 heteroatoms. The van der Waals surface area contributed by atoms with Gasteiger partial charge in [0.1, 0.15) is 11.3 Å². The molecule has 0 aliphatic carbocycles. The number of esters is 2. The van der Waals surface area contributed by atoms with Gasteiger partial charge in [-0.2, -0.15) is 0 Å². The largest absolute Gasteiger partial charge is 0.479 e. The maximum Gasteiger partial charge on any atom is 0.375 e. The van der Waals surface area contributed by atoms with Gasteiger partial charge in [0, 0.05) is 10.5 Å². The number of carbonyl (C=O) groups excluding carboxylic acids is 2. The molecule has 0 saturated heterocycles. The molecule has 0 fully saturated rings. The zero-order valence-corrected chi connectivity index (χ0v) is 18.1. The number of methoxy groups -OCH3 is 1. The fourth-order valence-corrected chi connectivity index (χ4v) is 3.15. The van der Waals surface area contributed by atoms with E-state index >= 15 is 0 Å². The van der Waals surface area contributed by atoms with Crippen LogP contribution in [0.3, 0.4) is 0 Å². The van der Waals surface area contributed by atoms with Gasteiger partial charge in [-0.05, 0) is 43.7 Å². The fourth-order valence-electron chi connectivity index (χ4n) is 2.88. The van der Waals surface area contributed by atoms with Crippen LogP contribution in [0.25, 0.3) is 22.1 Å². The lowest BCUT2D eigenvalue weighted by atomic mass is 10.0. The highest BCUT2D eigenvalue weighted by Gasteiger charge is 2.24. The van der Waals surface area contributed by atoms with Gasteiger partial charge in [-0.1, -0.05) is 28.1 Å². The van der Waals surface area contributed by atoms with E-state index in [0.29, 0.717) is 5.56 Å². The van der Waals surface area contributed by atoms with Crippen LogP contribution in [0, 0.1) is 0 Å². The molecule has 3 rings (SSSR count). The number of ether oxygens (including phenoxy) is 3. The molecule has 156 valence electrons. The van der Waals surface area contributed by atoms with Gasteiger partial charge in [0.15, 0.2) is 6.10 Å². The molecule has 0 spiro atoms. The van der Waals surface area contributed by atoms with Crippen LogP contribution in [-0.2, 0) is 14.3 Å². The molecular weight excluding hydrogens is 456 g/mol. The van der Waals surface area contributed by atoms with Crippen molar-refractivity contribution < 1.29 is 28.2 Å². The summed E-state index contributed by atoms with van der Waals surface area (Å²) in [5, 5.41) is 0.263. The summed E-state index contributed by atoms with van der Waals surface area (Å²) < 4.78 is 21.9. The minimum Gasteiger partial charge on any atom is -0.479 e. The molecule has 3 aromatic rings. The van der Waals surface area contributed by atoms with E-state index < -0.39 is 18.0 Å². The predicted octanol–water partition coefficient (Wildman–Crippen LogP) is 4.34. The first-order valence-corrected chi connectivity index (χ1v) is 9.93. The van der Waals surface area contributed by atoms with Crippen LogP contribution < -0.4 is 10.2 Å². The number of benzene rings is 2. The summed E-state index contributed by atoms with van der Waals surface area (Å²) in [6, 6.07) is 11.5. The molecule has 1 aromatic heterocycles. The fraction of sp³-hybridized carbons (Fsp3) is 0.227. The molecule has 0 amide bonds. The van der Waals surface area contributed by atoms with Gasteiger partial charge in [-0.25, -0.2) is 9.59 Å². The van der Waals surface area contributed by atoms with Crippen LogP contribution in [0.4, 0.5) is 0 Å². The van der Waals surface area contributed by atoms with Crippen molar-refractivity contribution in [1.29, 1.82) is 0 Å². The minimum absolute atomic E-state index is 0.116. The van der Waals surface area contributed by atoms with Crippen molar-refractivity contribution in [3.05, 3.63) is 62.9 Å². The highest BCUT2D eigenvalue weighted by atomic mass is 79.9. The SMILES string of the molecule is CCOC(=O)c1oc2cc(OC(C)C(=O)OC)ccc2c(=O)c1-c1ccc(Br)cc1. The molecule has 30 heavy (non-hydrogen) atoms. The van der Waals surface area contributed by atoms with E-state index in [-0.39, 0.29) is 40.1 Å². The molecule has 0 aliphatic rings. The van der Waals surface area contributed by atoms with E-state index in [4.69, 9.17) is 13.9 Å². The highest BCUT2D eigenvalue weighted by Crippen LogP contribution is 2.28. The Labute approximate surface area is 180 Å². The standard InChI is InChI=1S/C22H19BrO7/c1-4-28-22(26)20-18(13-5-7-14(23)8-6-13)19(24)16-10-9-15(11-17(16)30-20)29-12(2)21(25)27-3/h5-12H,4H2,1-3H3. The summed E-state index contributed by atoms with van der Waals surface area (Å²) in [7, 11) is 1.26. The maximum atomic E-state index is 13.2. The van der Waals surface area contributed by atoms with Crippen LogP contribution >= 0.6 is 15.9 Å². The third-order valence-corrected chi connectivity index (χ3v) is 4.83. The first-order chi connectivity index (χ1) is 14.3. The third kappa shape index (κ3) is 4.38. The van der Waals surface area contributed by atoms with Gasteiger partial charge in [0.25, 0.3) is 0 Å². The van der Waals surface area contributed by atoms with Crippen LogP contribution in [0.5, 0.6) is 5.75 Å². The molecule has 0 bridgehead atoms. The highest BCUT2D eigenvalue weighted by molar-refractivity contribution is 9.10. The van der Waals surface area contributed by atoms with Crippen molar-refractivity contribution >= 4 is 38.8 Å². The molecule has 0 saturated carbocycles. The van der Waals surface area contributed by atoms with E-state index in [2.05, 4.69) is 20.7 Å². The predicted molar refractivity (Wildman–Crippen MR) is 114 cm³/mol. The lowest BCUT2D eigenvalue weighted by Crippen LogP contribution is -2.24. The third-order valence-electron chi connectivity index (χ3n) is 4.30. The van der Waals surface area contributed by atoms with Crippen molar-refractivity contribution in [2.24, 2.45) is 0 Å². The van der Waals surface area contributed by atoms with Crippen molar-refractivity contribution in [3.63, 3.8) is 0 Å². The molecule has 7 nitrogen and oxygen atoms in total. The van der Waals surface area contributed by atoms with Crippen molar-refractivity contribution in [3.8, 4) is 16.9 Å². The quantitative estimate of drug-likeness (QED) is 0.490. The Morgan fingerprint density at radius 2 is 1.83 bits per heavy atom. The normalized spacial score (nSPS) is 11.7. The molecule has 1 heterocycles. The molecular formula is C22H19BrO7. The smallest absolute Gasteiger partial charge is 0.375 e. The number of rotatable bonds is 6. The van der Waals surface area contributed by atoms with E-state index in [9.17, 15) is 14.4 Å². The second kappa shape index (κ2) is 9.13. The Bertz CT molecular complexity index is 1150. The van der Waals surface area contributed by atoms with Crippen molar-refractivity contribution in [1.82, 2.24) is 0 Å². The van der Waals surface area contributed by atoms with Gasteiger partial charge in [-0.15, -0.1) is 0 Å². The Kier molecular flexibility index (Phi) is 6.56. The van der Waals surface area contributed by atoms with E-state index in [1.807, 2.05) is 0 Å². The van der Waals surface area contributed by atoms with Gasteiger partial charge < -0.3 is 18.6 Å². The van der Waals surface area contributed by atoms with Crippen molar-refractivity contribution in [2.75, 3.05) is 13.7 Å². The lowest BCUT2D eigenvalue weighted by Gasteiger charge is -2.13. The second-order valence-corrected chi connectivity index (χ2v) is 7.22. The summed E-state index contributed by atoms with van der Waals surface area (Å²) in [5.74, 6) is -1.21. The second-order valence-electron chi connectivity index (χ2n) is 6.30. The molecule has 0 aliphatic heterocycles. The number of hydrogen-bond donors (Lipinski definition) is 0. The Balaban J connectivity index is 2.17. The van der Waals surface area contributed by atoms with Crippen LogP contribution in [0.15, 0.2) is 56.1 Å². The van der Waals surface area contributed by atoms with Crippen LogP contribution in [0.2, 0.25) is 0 Å². The first-order valence-electron chi connectivity index (χ1n) is 9.14. The average molecular weight is 475 g/mol. The summed E-state index contributed by atoms with van der Waals surface area (Å²) in [6.45, 7) is 3.32. The zero-order chi connectivity index (χ0) is 21.8. The van der Waals surface area contributed by atoms with E-state index in [1.165, 1.54) is 26.2 Å². The van der Waals surface area contributed by atoms with E-state index in [1.54, 1.807) is 37.3 Å². The Morgan fingerprint density at radius 3 is 2.47 bits per heavy atom. The lowest BCUT2D eigenvalue weighted by molar-refractivity contribution is -0.147. The van der Waals surface area contributed by atoms with Crippen LogP contribution in [0.1, 0.15) is 24.4 Å². The zero-order valence-electron chi connectivity index (χ0n) is 16.6. The van der Waals surface area contributed by atoms with Gasteiger partial charge in [0.05, 0.1) is 24.7 Å². The summed E-state index contributed by atoms with van der Waals surface area (Å²) in [5.41, 5.74) is 0.397. The van der Waals surface area contributed by atoms with Crippen LogP contribution in [-0.4, -0.2) is 31.8 Å². The summed E-state index contributed by atoms with van der Waals surface area (Å²) in [6.07, 6.45) is -0.856. The Hall–Kier alpha value is -3.13. The van der Waals surface area contributed by atoms with Gasteiger partial charge in [-0.3, -0.25) is 4.79 Å². The molecule has 0 radical (unpaired) electrons. The molecule has 1 atom stereocenters. The number of hydrogen-bond acceptors (Lipinski definition) is 7. The summed E-state index contributed by atoms with van der Waals surface area (Å²) in [4.78, 5) is 37.4. The topological polar surface area (TPSA) is 92.0 Å². The molecule has 1 unspecified atom stereocenters. The van der Waals surface area contributed by atoms with E-state index in [0.717, 1.165) is 4.47 Å². The van der Waals surface area contributed by atoms with Gasteiger partial charge in [0.2, 0.25) is 11.2 Å². The number of carbonyl (C=O) groups is 2. The number of halogens is 1. The first kappa shape index (κ1) is 21.6. The maximum absolute atomic E-state index is 13.2. The summed E-state index contributed by atoms with van der Waals surface area (Å²) >= 11 is 3.35. The molecule has 0 N–H and O–H groups in total. The minimum atomic E-state index is -0.856. The Morgan fingerprint density at radius 1 is 1.13 bits per heavy atom. The average Bonchev–Trinajstić information content (AvgIpc) is 2.73. The number of fused-ring (bicyclic) bond motifs is 1.